The largest absolute Gasteiger partial charge is 0.487 e. The van der Waals surface area contributed by atoms with Crippen molar-refractivity contribution >= 4 is 5.82 Å². The minimum atomic E-state index is 0.143. The molecule has 0 amide bonds. The number of benzene rings is 1. The molecule has 1 heterocycles. The SMILES string of the molecule is CC(Cc1ccccc1)Nc1ncccc1OC(C)C. The van der Waals surface area contributed by atoms with E-state index in [2.05, 4.69) is 41.5 Å². The molecule has 106 valence electrons. The first kappa shape index (κ1) is 14.4. The van der Waals surface area contributed by atoms with E-state index in [-0.39, 0.29) is 6.10 Å². The monoisotopic (exact) mass is 270 g/mol. The van der Waals surface area contributed by atoms with Crippen LogP contribution in [0.1, 0.15) is 26.3 Å². The summed E-state index contributed by atoms with van der Waals surface area (Å²) >= 11 is 0. The first-order valence-corrected chi connectivity index (χ1v) is 7.07. The van der Waals surface area contributed by atoms with Gasteiger partial charge in [-0.2, -0.15) is 0 Å². The highest BCUT2D eigenvalue weighted by molar-refractivity contribution is 5.50. The molecule has 0 spiro atoms. The van der Waals surface area contributed by atoms with Gasteiger partial charge in [-0.1, -0.05) is 30.3 Å². The Hall–Kier alpha value is -2.03. The van der Waals surface area contributed by atoms with Crippen molar-refractivity contribution in [2.24, 2.45) is 0 Å². The van der Waals surface area contributed by atoms with E-state index in [4.69, 9.17) is 4.74 Å². The Labute approximate surface area is 121 Å². The van der Waals surface area contributed by atoms with E-state index in [9.17, 15) is 0 Å². The second kappa shape index (κ2) is 6.94. The van der Waals surface area contributed by atoms with E-state index in [0.29, 0.717) is 6.04 Å². The second-order valence-corrected chi connectivity index (χ2v) is 5.25. The number of aromatic nitrogens is 1. The van der Waals surface area contributed by atoms with Crippen molar-refractivity contribution in [3.8, 4) is 5.75 Å². The molecular weight excluding hydrogens is 248 g/mol. The molecule has 0 aliphatic carbocycles. The Bertz CT molecular complexity index is 526. The van der Waals surface area contributed by atoms with Crippen LogP contribution in [0.5, 0.6) is 5.75 Å². The van der Waals surface area contributed by atoms with Crippen LogP contribution in [0.25, 0.3) is 0 Å². The fraction of sp³-hybridized carbons (Fsp3) is 0.353. The Morgan fingerprint density at radius 3 is 2.50 bits per heavy atom. The van der Waals surface area contributed by atoms with Crippen LogP contribution in [0.2, 0.25) is 0 Å². The van der Waals surface area contributed by atoms with Crippen molar-refractivity contribution in [2.45, 2.75) is 39.3 Å². The van der Waals surface area contributed by atoms with Crippen molar-refractivity contribution in [3.05, 3.63) is 54.2 Å². The molecule has 0 bridgehead atoms. The molecule has 2 aromatic rings. The van der Waals surface area contributed by atoms with Crippen LogP contribution in [0.3, 0.4) is 0 Å². The van der Waals surface area contributed by atoms with E-state index < -0.39 is 0 Å². The summed E-state index contributed by atoms with van der Waals surface area (Å²) in [6.45, 7) is 6.19. The van der Waals surface area contributed by atoms with Crippen molar-refractivity contribution in [1.82, 2.24) is 4.98 Å². The molecule has 0 saturated heterocycles. The zero-order valence-corrected chi connectivity index (χ0v) is 12.3. The smallest absolute Gasteiger partial charge is 0.168 e. The standard InChI is InChI=1S/C17H22N2O/c1-13(2)20-16-10-7-11-18-17(16)19-14(3)12-15-8-5-4-6-9-15/h4-11,13-14H,12H2,1-3H3,(H,18,19). The first-order valence-electron chi connectivity index (χ1n) is 7.07. The number of hydrogen-bond acceptors (Lipinski definition) is 3. The van der Waals surface area contributed by atoms with Crippen LogP contribution in [0.4, 0.5) is 5.82 Å². The number of nitrogens with zero attached hydrogens (tertiary/aromatic N) is 1. The number of nitrogens with one attached hydrogen (secondary N) is 1. The topological polar surface area (TPSA) is 34.2 Å². The van der Waals surface area contributed by atoms with E-state index in [0.717, 1.165) is 18.0 Å². The van der Waals surface area contributed by atoms with Gasteiger partial charge in [0.15, 0.2) is 11.6 Å². The van der Waals surface area contributed by atoms with Gasteiger partial charge in [0.05, 0.1) is 6.10 Å². The molecule has 0 aliphatic rings. The van der Waals surface area contributed by atoms with Crippen LogP contribution in [-0.2, 0) is 6.42 Å². The predicted molar refractivity (Wildman–Crippen MR) is 83.2 cm³/mol. The summed E-state index contributed by atoms with van der Waals surface area (Å²) in [5.74, 6) is 1.62. The lowest BCUT2D eigenvalue weighted by molar-refractivity contribution is 0.242. The summed E-state index contributed by atoms with van der Waals surface area (Å²) in [6.07, 6.45) is 2.88. The molecule has 0 aliphatic heterocycles. The molecular formula is C17H22N2O. The van der Waals surface area contributed by atoms with Gasteiger partial charge in [0.2, 0.25) is 0 Å². The molecule has 0 fully saturated rings. The molecule has 1 atom stereocenters. The number of anilines is 1. The van der Waals surface area contributed by atoms with Gasteiger partial charge < -0.3 is 10.1 Å². The normalized spacial score (nSPS) is 12.2. The van der Waals surface area contributed by atoms with Crippen LogP contribution >= 0.6 is 0 Å². The van der Waals surface area contributed by atoms with E-state index in [1.54, 1.807) is 6.20 Å². The summed E-state index contributed by atoms with van der Waals surface area (Å²) in [6, 6.07) is 14.6. The highest BCUT2D eigenvalue weighted by atomic mass is 16.5. The van der Waals surface area contributed by atoms with E-state index >= 15 is 0 Å². The fourth-order valence-electron chi connectivity index (χ4n) is 2.10. The lowest BCUT2D eigenvalue weighted by atomic mass is 10.1. The van der Waals surface area contributed by atoms with Crippen LogP contribution in [0, 0.1) is 0 Å². The molecule has 0 radical (unpaired) electrons. The number of ether oxygens (including phenoxy) is 1. The summed E-state index contributed by atoms with van der Waals surface area (Å²) in [7, 11) is 0. The Kier molecular flexibility index (Phi) is 4.99. The fourth-order valence-corrected chi connectivity index (χ4v) is 2.10. The zero-order valence-electron chi connectivity index (χ0n) is 12.3. The van der Waals surface area contributed by atoms with Gasteiger partial charge in [0, 0.05) is 12.2 Å². The maximum absolute atomic E-state index is 5.77. The summed E-state index contributed by atoms with van der Waals surface area (Å²) in [4.78, 5) is 4.38. The third-order valence-electron chi connectivity index (χ3n) is 2.90. The van der Waals surface area contributed by atoms with Gasteiger partial charge in [-0.3, -0.25) is 0 Å². The molecule has 1 aromatic carbocycles. The predicted octanol–water partition coefficient (Wildman–Crippen LogP) is 3.91. The van der Waals surface area contributed by atoms with E-state index in [1.165, 1.54) is 5.56 Å². The maximum Gasteiger partial charge on any atom is 0.168 e. The summed E-state index contributed by atoms with van der Waals surface area (Å²) in [5.41, 5.74) is 1.31. The molecule has 3 heteroatoms. The average molecular weight is 270 g/mol. The van der Waals surface area contributed by atoms with Gasteiger partial charge in [0.25, 0.3) is 0 Å². The molecule has 1 aromatic heterocycles. The van der Waals surface area contributed by atoms with Crippen LogP contribution in [-0.4, -0.2) is 17.1 Å². The van der Waals surface area contributed by atoms with Crippen molar-refractivity contribution in [3.63, 3.8) is 0 Å². The summed E-state index contributed by atoms with van der Waals surface area (Å²) in [5, 5.41) is 3.43. The molecule has 1 unspecified atom stereocenters. The zero-order chi connectivity index (χ0) is 14.4. The lowest BCUT2D eigenvalue weighted by Crippen LogP contribution is -2.20. The van der Waals surface area contributed by atoms with Crippen LogP contribution < -0.4 is 10.1 Å². The van der Waals surface area contributed by atoms with Crippen molar-refractivity contribution < 1.29 is 4.74 Å². The highest BCUT2D eigenvalue weighted by Gasteiger charge is 2.10. The number of pyridine rings is 1. The number of rotatable bonds is 6. The second-order valence-electron chi connectivity index (χ2n) is 5.25. The average Bonchev–Trinajstić information content (AvgIpc) is 2.41. The first-order chi connectivity index (χ1) is 9.65. The summed E-state index contributed by atoms with van der Waals surface area (Å²) < 4.78 is 5.77. The molecule has 1 N–H and O–H groups in total. The minimum Gasteiger partial charge on any atom is -0.487 e. The van der Waals surface area contributed by atoms with Gasteiger partial charge in [-0.05, 0) is 44.9 Å². The molecule has 3 nitrogen and oxygen atoms in total. The van der Waals surface area contributed by atoms with Gasteiger partial charge in [-0.25, -0.2) is 4.98 Å². The molecule has 20 heavy (non-hydrogen) atoms. The Balaban J connectivity index is 2.02. The Morgan fingerprint density at radius 1 is 1.05 bits per heavy atom. The van der Waals surface area contributed by atoms with Crippen molar-refractivity contribution in [1.29, 1.82) is 0 Å². The lowest BCUT2D eigenvalue weighted by Gasteiger charge is -2.18. The molecule has 2 rings (SSSR count). The van der Waals surface area contributed by atoms with Crippen molar-refractivity contribution in [2.75, 3.05) is 5.32 Å². The van der Waals surface area contributed by atoms with Crippen LogP contribution in [0.15, 0.2) is 48.7 Å². The minimum absolute atomic E-state index is 0.143. The van der Waals surface area contributed by atoms with Gasteiger partial charge >= 0.3 is 0 Å². The highest BCUT2D eigenvalue weighted by Crippen LogP contribution is 2.23. The third-order valence-corrected chi connectivity index (χ3v) is 2.90. The number of hydrogen-bond donors (Lipinski definition) is 1. The molecule has 0 saturated carbocycles. The van der Waals surface area contributed by atoms with E-state index in [1.807, 2.05) is 32.0 Å². The van der Waals surface area contributed by atoms with Gasteiger partial charge in [-0.15, -0.1) is 0 Å². The third kappa shape index (κ3) is 4.26. The Morgan fingerprint density at radius 2 is 1.80 bits per heavy atom. The quantitative estimate of drug-likeness (QED) is 0.864. The maximum atomic E-state index is 5.77. The van der Waals surface area contributed by atoms with Gasteiger partial charge in [0.1, 0.15) is 0 Å².